The van der Waals surface area contributed by atoms with E-state index in [1.54, 1.807) is 24.3 Å². The molecule has 0 fully saturated rings. The van der Waals surface area contributed by atoms with E-state index >= 15 is 0 Å². The third-order valence-electron chi connectivity index (χ3n) is 10.6. The van der Waals surface area contributed by atoms with Gasteiger partial charge in [-0.25, -0.2) is 14.4 Å². The molecule has 61 heavy (non-hydrogen) atoms. The third kappa shape index (κ3) is 31.9. The molecule has 9 nitrogen and oxygen atoms in total. The van der Waals surface area contributed by atoms with E-state index in [0.29, 0.717) is 29.8 Å². The number of nitrogen functional groups attached to an aromatic ring is 1. The van der Waals surface area contributed by atoms with E-state index < -0.39 is 11.4 Å². The monoisotopic (exact) mass is 873 g/mol. The summed E-state index contributed by atoms with van der Waals surface area (Å²) in [6.07, 6.45) is 37.3. The topological polar surface area (TPSA) is 142 Å². The summed E-state index contributed by atoms with van der Waals surface area (Å²) < 4.78 is 15.4. The number of carboxylic acid groups (broad SMARTS) is 1. The molecule has 1 aromatic heterocycles. The van der Waals surface area contributed by atoms with Crippen LogP contribution in [0.3, 0.4) is 0 Å². The number of carbonyl (C=O) groups excluding carboxylic acids is 1. The standard InChI is InChI=1S/C25H39NO3.C17H33ClO2.C8H9NO2.CH4/c1-3-4-5-6-7-8-9-10-11-12-13-14-15-16-19-28-25-26-23-18-17-21(2)20-22(23)24(27)29-25;1-2-3-4-5-6-7-8-9-10-11-12-13-14-15-16-20-17(18)19;1-5-2-3-7(9)6(4-5)8(10)11;/h17-18,20H,3-16,19H2,1-2H3;2-16H2,1H3;2-4H,9H2,1H3,(H,10,11);1H4. The molecule has 0 unspecified atom stereocenters. The quantitative estimate of drug-likeness (QED) is 0.0356. The Morgan fingerprint density at radius 1 is 0.623 bits per heavy atom. The van der Waals surface area contributed by atoms with Crippen molar-refractivity contribution in [3.63, 3.8) is 0 Å². The van der Waals surface area contributed by atoms with Crippen molar-refractivity contribution in [2.45, 2.75) is 215 Å². The Morgan fingerprint density at radius 2 is 1.02 bits per heavy atom. The molecule has 0 aliphatic heterocycles. The number of unbranched alkanes of at least 4 members (excludes halogenated alkanes) is 26. The molecule has 0 aliphatic carbocycles. The highest BCUT2D eigenvalue weighted by molar-refractivity contribution is 6.61. The molecular weight excluding hydrogens is 788 g/mol. The van der Waals surface area contributed by atoms with Crippen molar-refractivity contribution < 1.29 is 28.6 Å². The number of hydrogen-bond donors (Lipinski definition) is 2. The second-order valence-electron chi connectivity index (χ2n) is 16.3. The van der Waals surface area contributed by atoms with E-state index in [1.165, 1.54) is 154 Å². The van der Waals surface area contributed by atoms with E-state index in [2.05, 4.69) is 23.6 Å². The van der Waals surface area contributed by atoms with Crippen molar-refractivity contribution >= 4 is 39.6 Å². The molecule has 0 bridgehead atoms. The molecule has 3 aromatic rings. The van der Waals surface area contributed by atoms with Crippen LogP contribution in [0.1, 0.15) is 223 Å². The van der Waals surface area contributed by atoms with E-state index in [1.807, 2.05) is 26.0 Å². The lowest BCUT2D eigenvalue weighted by molar-refractivity contribution is 0.0697. The van der Waals surface area contributed by atoms with E-state index in [0.717, 1.165) is 36.8 Å². The number of fused-ring (bicyclic) bond motifs is 1. The number of aromatic carboxylic acids is 1. The average Bonchev–Trinajstić information content (AvgIpc) is 3.22. The Morgan fingerprint density at radius 3 is 1.43 bits per heavy atom. The van der Waals surface area contributed by atoms with Gasteiger partial charge in [0.2, 0.25) is 0 Å². The van der Waals surface area contributed by atoms with Crippen molar-refractivity contribution in [1.29, 1.82) is 0 Å². The van der Waals surface area contributed by atoms with Crippen LogP contribution in [0.4, 0.5) is 10.5 Å². The van der Waals surface area contributed by atoms with Crippen LogP contribution in [0, 0.1) is 13.8 Å². The second kappa shape index (κ2) is 39.3. The van der Waals surface area contributed by atoms with Gasteiger partial charge in [-0.3, -0.25) is 0 Å². The first-order valence-corrected chi connectivity index (χ1v) is 23.9. The minimum absolute atomic E-state index is 0. The number of nitrogens with zero attached hydrogens (tertiary/aromatic N) is 1. The molecule has 0 atom stereocenters. The smallest absolute Gasteiger partial charge is 0.403 e. The number of aromatic nitrogens is 1. The zero-order chi connectivity index (χ0) is 44.1. The number of hydrogen-bond acceptors (Lipinski definition) is 8. The molecule has 0 spiro atoms. The Labute approximate surface area is 375 Å². The van der Waals surface area contributed by atoms with E-state index in [9.17, 15) is 14.4 Å². The van der Waals surface area contributed by atoms with Gasteiger partial charge in [-0.05, 0) is 51.0 Å². The number of anilines is 1. The number of nitrogens with two attached hydrogens (primary N) is 1. The molecule has 0 saturated carbocycles. The SMILES string of the molecule is C.CCCCCCCCCCCCCCCCOC(=O)Cl.CCCCCCCCCCCCCCCCOc1nc2ccc(C)cc2c(=O)o1.Cc1ccc(N)c(C(=O)O)c1. The van der Waals surface area contributed by atoms with Crippen molar-refractivity contribution in [3.8, 4) is 6.08 Å². The van der Waals surface area contributed by atoms with Gasteiger partial charge in [0.15, 0.2) is 0 Å². The van der Waals surface area contributed by atoms with Gasteiger partial charge in [0.25, 0.3) is 0 Å². The van der Waals surface area contributed by atoms with E-state index in [-0.39, 0.29) is 24.7 Å². The number of carboxylic acids is 1. The summed E-state index contributed by atoms with van der Waals surface area (Å²) in [5.41, 5.74) is 7.37. The van der Waals surface area contributed by atoms with Crippen LogP contribution in [-0.2, 0) is 4.74 Å². The predicted octanol–water partition coefficient (Wildman–Crippen LogP) is 16.1. The summed E-state index contributed by atoms with van der Waals surface area (Å²) >= 11 is 5.07. The average molecular weight is 874 g/mol. The Balaban J connectivity index is 0.000000973. The van der Waals surface area contributed by atoms with Crippen LogP contribution in [0.15, 0.2) is 45.6 Å². The molecule has 2 aromatic carbocycles. The van der Waals surface area contributed by atoms with Gasteiger partial charge in [0.1, 0.15) is 0 Å². The fourth-order valence-corrected chi connectivity index (χ4v) is 7.07. The highest BCUT2D eigenvalue weighted by atomic mass is 35.5. The highest BCUT2D eigenvalue weighted by Gasteiger charge is 2.08. The van der Waals surface area contributed by atoms with Crippen LogP contribution >= 0.6 is 11.6 Å². The van der Waals surface area contributed by atoms with Crippen LogP contribution in [0.25, 0.3) is 10.9 Å². The summed E-state index contributed by atoms with van der Waals surface area (Å²) in [6.45, 7) is 9.33. The summed E-state index contributed by atoms with van der Waals surface area (Å²) in [4.78, 5) is 37.1. The maximum atomic E-state index is 12.0. The molecule has 0 saturated heterocycles. The van der Waals surface area contributed by atoms with Crippen molar-refractivity contribution in [3.05, 3.63) is 63.5 Å². The Hall–Kier alpha value is -3.59. The maximum Gasteiger partial charge on any atom is 0.403 e. The highest BCUT2D eigenvalue weighted by Crippen LogP contribution is 2.17. The summed E-state index contributed by atoms with van der Waals surface area (Å²) in [5, 5.41) is 9.12. The Bertz CT molecular complexity index is 1590. The lowest BCUT2D eigenvalue weighted by Crippen LogP contribution is -2.06. The number of rotatable bonds is 32. The normalized spacial score (nSPS) is 10.6. The first kappa shape index (κ1) is 57.4. The van der Waals surface area contributed by atoms with Crippen LogP contribution < -0.4 is 16.1 Å². The van der Waals surface area contributed by atoms with Gasteiger partial charge in [-0.1, -0.05) is 211 Å². The summed E-state index contributed by atoms with van der Waals surface area (Å²) in [5.74, 6) is -0.980. The molecule has 348 valence electrons. The Kier molecular flexibility index (Phi) is 37.0. The molecule has 0 aliphatic rings. The zero-order valence-electron chi connectivity index (χ0n) is 38.0. The lowest BCUT2D eigenvalue weighted by atomic mass is 10.0. The zero-order valence-corrected chi connectivity index (χ0v) is 38.7. The van der Waals surface area contributed by atoms with Crippen molar-refractivity contribution in [2.24, 2.45) is 0 Å². The number of aryl methyl sites for hydroxylation is 2. The van der Waals surface area contributed by atoms with Crippen molar-refractivity contribution in [2.75, 3.05) is 18.9 Å². The molecule has 3 N–H and O–H groups in total. The van der Waals surface area contributed by atoms with Crippen molar-refractivity contribution in [1.82, 2.24) is 4.98 Å². The second-order valence-corrected chi connectivity index (χ2v) is 16.6. The summed E-state index contributed by atoms with van der Waals surface area (Å²) in [6, 6.07) is 10.5. The van der Waals surface area contributed by atoms with Gasteiger partial charge in [-0.2, -0.15) is 4.98 Å². The fraction of sp³-hybridized carbons (Fsp3) is 0.686. The molecule has 0 radical (unpaired) electrons. The number of ether oxygens (including phenoxy) is 2. The maximum absolute atomic E-state index is 12.0. The molecule has 1 heterocycles. The van der Waals surface area contributed by atoms with Crippen LogP contribution in [-0.4, -0.2) is 34.7 Å². The van der Waals surface area contributed by atoms with Crippen LogP contribution in [0.2, 0.25) is 0 Å². The van der Waals surface area contributed by atoms with Crippen LogP contribution in [0.5, 0.6) is 6.08 Å². The molecule has 0 amide bonds. The van der Waals surface area contributed by atoms with Gasteiger partial charge in [-0.15, -0.1) is 0 Å². The molecule has 10 heteroatoms. The third-order valence-corrected chi connectivity index (χ3v) is 10.7. The largest absolute Gasteiger partial charge is 0.478 e. The first-order chi connectivity index (χ1) is 29.1. The number of halogens is 1. The number of carbonyl (C=O) groups is 2. The van der Waals surface area contributed by atoms with Gasteiger partial charge < -0.3 is 24.7 Å². The minimum atomic E-state index is -0.980. The van der Waals surface area contributed by atoms with Gasteiger partial charge >= 0.3 is 23.1 Å². The van der Waals surface area contributed by atoms with Gasteiger partial charge in [0, 0.05) is 17.3 Å². The molecule has 3 rings (SSSR count). The lowest BCUT2D eigenvalue weighted by Gasteiger charge is -2.05. The minimum Gasteiger partial charge on any atom is -0.478 e. The summed E-state index contributed by atoms with van der Waals surface area (Å²) in [7, 11) is 0. The van der Waals surface area contributed by atoms with Gasteiger partial charge in [0.05, 0.1) is 29.7 Å². The van der Waals surface area contributed by atoms with E-state index in [4.69, 9.17) is 31.6 Å². The number of benzene rings is 2. The fourth-order valence-electron chi connectivity index (χ4n) is 6.99. The predicted molar refractivity (Wildman–Crippen MR) is 258 cm³/mol. The first-order valence-electron chi connectivity index (χ1n) is 23.5. The molecular formula is C51H85ClN2O7.